The number of rotatable bonds is 3. The molecule has 1 fully saturated rings. The monoisotopic (exact) mass is 325 g/mol. The number of nitrogens with one attached hydrogen (secondary N) is 1. The molecule has 2 aromatic rings. The summed E-state index contributed by atoms with van der Waals surface area (Å²) in [4.78, 5) is 31.9. The average Bonchev–Trinajstić information content (AvgIpc) is 2.88. The Morgan fingerprint density at radius 3 is 2.83 bits per heavy atom. The van der Waals surface area contributed by atoms with E-state index in [-0.39, 0.29) is 11.5 Å². The lowest BCUT2D eigenvalue weighted by Crippen LogP contribution is -2.19. The van der Waals surface area contributed by atoms with Crippen molar-refractivity contribution in [1.29, 1.82) is 0 Å². The highest BCUT2D eigenvalue weighted by Gasteiger charge is 2.24. The first-order valence-corrected chi connectivity index (χ1v) is 7.47. The third kappa shape index (κ3) is 3.46. The molecule has 1 aliphatic heterocycles. The first-order valence-electron chi connectivity index (χ1n) is 6.65. The maximum absolute atomic E-state index is 12.0. The molecule has 1 amide bonds. The number of carboxylic acids is 1. The zero-order valence-corrected chi connectivity index (χ0v) is 12.6. The van der Waals surface area contributed by atoms with E-state index in [9.17, 15) is 9.59 Å². The molecule has 0 unspecified atom stereocenters. The van der Waals surface area contributed by atoms with Gasteiger partial charge in [0, 0.05) is 12.4 Å². The lowest BCUT2D eigenvalue weighted by Gasteiger charge is -2.00. The third-order valence-electron chi connectivity index (χ3n) is 2.99. The summed E-state index contributed by atoms with van der Waals surface area (Å²) in [5.41, 5.74) is 1.18. The lowest BCUT2D eigenvalue weighted by atomic mass is 10.2. The Morgan fingerprint density at radius 1 is 1.26 bits per heavy atom. The van der Waals surface area contributed by atoms with Crippen LogP contribution in [0.25, 0.3) is 6.08 Å². The number of amides is 1. The molecule has 1 saturated heterocycles. The number of carboxylic acid groups (broad SMARTS) is 1. The first-order chi connectivity index (χ1) is 11.1. The molecule has 6 nitrogen and oxygen atoms in total. The first kappa shape index (κ1) is 15.0. The molecule has 114 valence electrons. The topological polar surface area (TPSA) is 91.7 Å². The van der Waals surface area contributed by atoms with Gasteiger partial charge in [-0.25, -0.2) is 9.79 Å². The summed E-state index contributed by atoms with van der Waals surface area (Å²) in [6, 6.07) is 9.99. The number of aliphatic imine (C=N–C) groups is 1. The van der Waals surface area contributed by atoms with E-state index in [4.69, 9.17) is 5.11 Å². The second-order valence-corrected chi connectivity index (χ2v) is 5.62. The van der Waals surface area contributed by atoms with Crippen LogP contribution in [0.4, 0.5) is 5.69 Å². The molecule has 0 radical (unpaired) electrons. The molecule has 7 heteroatoms. The van der Waals surface area contributed by atoms with Gasteiger partial charge in [-0.15, -0.1) is 0 Å². The smallest absolute Gasteiger partial charge is 0.337 e. The van der Waals surface area contributed by atoms with E-state index in [0.29, 0.717) is 15.8 Å². The molecule has 0 atom stereocenters. The van der Waals surface area contributed by atoms with Crippen molar-refractivity contribution >= 4 is 40.6 Å². The zero-order chi connectivity index (χ0) is 16.2. The van der Waals surface area contributed by atoms with Gasteiger partial charge >= 0.3 is 5.97 Å². The number of nitrogens with zero attached hydrogens (tertiary/aromatic N) is 2. The van der Waals surface area contributed by atoms with E-state index in [1.165, 1.54) is 6.07 Å². The van der Waals surface area contributed by atoms with Crippen LogP contribution in [-0.4, -0.2) is 27.1 Å². The summed E-state index contributed by atoms with van der Waals surface area (Å²) < 4.78 is 0. The van der Waals surface area contributed by atoms with Gasteiger partial charge in [0.1, 0.15) is 0 Å². The van der Waals surface area contributed by atoms with Crippen LogP contribution in [0.3, 0.4) is 0 Å². The van der Waals surface area contributed by atoms with Crippen LogP contribution in [0.2, 0.25) is 0 Å². The molecule has 2 heterocycles. The number of pyridine rings is 1. The molecule has 1 aliphatic rings. The number of aromatic carboxylic acids is 1. The maximum Gasteiger partial charge on any atom is 0.337 e. The summed E-state index contributed by atoms with van der Waals surface area (Å²) in [6.07, 6.45) is 5.01. The quantitative estimate of drug-likeness (QED) is 0.847. The van der Waals surface area contributed by atoms with Gasteiger partial charge in [0.05, 0.1) is 16.2 Å². The molecule has 0 spiro atoms. The van der Waals surface area contributed by atoms with Crippen molar-refractivity contribution in [1.82, 2.24) is 10.3 Å². The standard InChI is InChI=1S/C16H11N3O3S/c20-14-13(8-10-4-3-7-17-9-10)23-16(19-14)18-12-6-2-1-5-11(12)15(21)22/h1-9H,(H,21,22)(H,18,19,20)/b13-8-. The number of hydrogen-bond donors (Lipinski definition) is 2. The van der Waals surface area contributed by atoms with Gasteiger partial charge in [-0.1, -0.05) is 18.2 Å². The molecular formula is C16H11N3O3S. The molecule has 0 bridgehead atoms. The summed E-state index contributed by atoms with van der Waals surface area (Å²) in [5.74, 6) is -1.34. The predicted octanol–water partition coefficient (Wildman–Crippen LogP) is 2.67. The van der Waals surface area contributed by atoms with Gasteiger partial charge in [-0.05, 0) is 41.6 Å². The van der Waals surface area contributed by atoms with Crippen LogP contribution < -0.4 is 5.32 Å². The van der Waals surface area contributed by atoms with Gasteiger partial charge in [0.15, 0.2) is 5.17 Å². The third-order valence-corrected chi connectivity index (χ3v) is 3.90. The number of carbonyl (C=O) groups excluding carboxylic acids is 1. The minimum atomic E-state index is -1.06. The van der Waals surface area contributed by atoms with E-state index >= 15 is 0 Å². The average molecular weight is 325 g/mol. The molecule has 1 aromatic heterocycles. The van der Waals surface area contributed by atoms with Crippen LogP contribution in [0.5, 0.6) is 0 Å². The summed E-state index contributed by atoms with van der Waals surface area (Å²) in [5, 5.41) is 12.1. The van der Waals surface area contributed by atoms with Crippen molar-refractivity contribution in [3.05, 3.63) is 64.8 Å². The van der Waals surface area contributed by atoms with E-state index in [0.717, 1.165) is 17.3 Å². The molecule has 0 aliphatic carbocycles. The van der Waals surface area contributed by atoms with Crippen molar-refractivity contribution in [2.24, 2.45) is 4.99 Å². The lowest BCUT2D eigenvalue weighted by molar-refractivity contribution is -0.115. The minimum Gasteiger partial charge on any atom is -0.478 e. The van der Waals surface area contributed by atoms with Crippen molar-refractivity contribution in [3.8, 4) is 0 Å². The fraction of sp³-hybridized carbons (Fsp3) is 0. The Bertz CT molecular complexity index is 831. The predicted molar refractivity (Wildman–Crippen MR) is 88.4 cm³/mol. The van der Waals surface area contributed by atoms with Gasteiger partial charge in [-0.3, -0.25) is 9.78 Å². The van der Waals surface area contributed by atoms with E-state index in [2.05, 4.69) is 15.3 Å². The number of hydrogen-bond acceptors (Lipinski definition) is 5. The van der Waals surface area contributed by atoms with E-state index in [1.807, 2.05) is 6.07 Å². The van der Waals surface area contributed by atoms with Crippen molar-refractivity contribution < 1.29 is 14.7 Å². The number of carbonyl (C=O) groups is 2. The van der Waals surface area contributed by atoms with Crippen LogP contribution in [0, 0.1) is 0 Å². The van der Waals surface area contributed by atoms with Crippen LogP contribution >= 0.6 is 11.8 Å². The Morgan fingerprint density at radius 2 is 2.09 bits per heavy atom. The summed E-state index contributed by atoms with van der Waals surface area (Å²) in [6.45, 7) is 0. The Labute approximate surface area is 136 Å². The Balaban J connectivity index is 1.88. The molecule has 3 rings (SSSR count). The SMILES string of the molecule is O=C1NC(=Nc2ccccc2C(=O)O)S/C1=C\c1cccnc1. The van der Waals surface area contributed by atoms with Crippen LogP contribution in [-0.2, 0) is 4.79 Å². The summed E-state index contributed by atoms with van der Waals surface area (Å²) in [7, 11) is 0. The largest absolute Gasteiger partial charge is 0.478 e. The number of thioether (sulfide) groups is 1. The summed E-state index contributed by atoms with van der Waals surface area (Å²) >= 11 is 1.16. The molecular weight excluding hydrogens is 314 g/mol. The molecule has 2 N–H and O–H groups in total. The second-order valence-electron chi connectivity index (χ2n) is 4.59. The highest BCUT2D eigenvalue weighted by Crippen LogP contribution is 2.29. The Kier molecular flexibility index (Phi) is 4.20. The van der Waals surface area contributed by atoms with Crippen molar-refractivity contribution in [2.75, 3.05) is 0 Å². The van der Waals surface area contributed by atoms with Gasteiger partial charge in [0.25, 0.3) is 5.91 Å². The van der Waals surface area contributed by atoms with Crippen LogP contribution in [0.15, 0.2) is 58.7 Å². The van der Waals surface area contributed by atoms with Gasteiger partial charge in [-0.2, -0.15) is 0 Å². The van der Waals surface area contributed by atoms with E-state index < -0.39 is 5.97 Å². The molecule has 0 saturated carbocycles. The van der Waals surface area contributed by atoms with E-state index in [1.54, 1.807) is 42.7 Å². The number of amidine groups is 1. The highest BCUT2D eigenvalue weighted by atomic mass is 32.2. The van der Waals surface area contributed by atoms with Crippen LogP contribution in [0.1, 0.15) is 15.9 Å². The van der Waals surface area contributed by atoms with Crippen molar-refractivity contribution in [3.63, 3.8) is 0 Å². The number of para-hydroxylation sites is 1. The fourth-order valence-corrected chi connectivity index (χ4v) is 2.79. The van der Waals surface area contributed by atoms with Gasteiger partial charge < -0.3 is 10.4 Å². The second kappa shape index (κ2) is 6.45. The Hall–Kier alpha value is -2.93. The maximum atomic E-state index is 12.0. The van der Waals surface area contributed by atoms with Crippen molar-refractivity contribution in [2.45, 2.75) is 0 Å². The highest BCUT2D eigenvalue weighted by molar-refractivity contribution is 8.18. The number of benzene rings is 1. The fourth-order valence-electron chi connectivity index (χ4n) is 1.95. The molecule has 23 heavy (non-hydrogen) atoms. The normalized spacial score (nSPS) is 17.5. The minimum absolute atomic E-state index is 0.0829. The molecule has 1 aromatic carbocycles. The number of aromatic nitrogens is 1. The zero-order valence-electron chi connectivity index (χ0n) is 11.8. The van der Waals surface area contributed by atoms with Gasteiger partial charge in [0.2, 0.25) is 0 Å².